The van der Waals surface area contributed by atoms with Crippen LogP contribution in [0.2, 0.25) is 0 Å². The number of likely N-dealkylation sites (tertiary alicyclic amines) is 1. The average Bonchev–Trinajstić information content (AvgIpc) is 3.37. The Labute approximate surface area is 176 Å². The van der Waals surface area contributed by atoms with E-state index in [1.54, 1.807) is 11.0 Å². The van der Waals surface area contributed by atoms with E-state index in [2.05, 4.69) is 10.3 Å². The molecule has 0 radical (unpaired) electrons. The van der Waals surface area contributed by atoms with E-state index in [9.17, 15) is 14.7 Å². The Balaban J connectivity index is 1.89. The van der Waals surface area contributed by atoms with Crippen molar-refractivity contribution in [2.45, 2.75) is 58.2 Å². The topological polar surface area (TPSA) is 122 Å². The fourth-order valence-electron chi connectivity index (χ4n) is 3.88. The predicted molar refractivity (Wildman–Crippen MR) is 113 cm³/mol. The first-order valence-electron chi connectivity index (χ1n) is 10.6. The highest BCUT2D eigenvalue weighted by molar-refractivity contribution is 5.90. The Morgan fingerprint density at radius 3 is 2.63 bits per heavy atom. The van der Waals surface area contributed by atoms with Gasteiger partial charge in [0, 0.05) is 6.54 Å². The van der Waals surface area contributed by atoms with Crippen LogP contribution in [0.1, 0.15) is 46.4 Å². The summed E-state index contributed by atoms with van der Waals surface area (Å²) in [6.45, 7) is 7.66. The Morgan fingerprint density at radius 1 is 1.33 bits per heavy atom. The number of oxazole rings is 1. The molecule has 30 heavy (non-hydrogen) atoms. The summed E-state index contributed by atoms with van der Waals surface area (Å²) in [7, 11) is 0. The average molecular weight is 417 g/mol. The number of aromatic nitrogens is 1. The summed E-state index contributed by atoms with van der Waals surface area (Å²) in [5.74, 6) is -0.522. The minimum Gasteiger partial charge on any atom is -0.438 e. The van der Waals surface area contributed by atoms with Crippen LogP contribution in [0, 0.1) is 11.8 Å². The summed E-state index contributed by atoms with van der Waals surface area (Å²) in [6, 6.07) is 6.02. The van der Waals surface area contributed by atoms with Crippen LogP contribution in [0.5, 0.6) is 0 Å². The monoisotopic (exact) mass is 416 g/mol. The van der Waals surface area contributed by atoms with Gasteiger partial charge in [-0.2, -0.15) is 0 Å². The standard InChI is InChI=1S/C22H32N4O4/c1-13(2)18(23)20(29)26-11-7-9-16(26)19(28)25-22(12-27,14(3)4)21-24-15-8-5-6-10-17(15)30-21/h5-6,8,10,13-14,16,18,27H,7,9,11-12,23H2,1-4H3,(H,25,28)/t16-,18?,22+/m0/s1. The zero-order chi connectivity index (χ0) is 22.1. The van der Waals surface area contributed by atoms with Crippen LogP contribution >= 0.6 is 0 Å². The molecule has 1 aromatic carbocycles. The van der Waals surface area contributed by atoms with E-state index in [0.717, 1.165) is 6.42 Å². The number of nitrogens with zero attached hydrogens (tertiary/aromatic N) is 2. The molecule has 1 fully saturated rings. The van der Waals surface area contributed by atoms with E-state index in [0.29, 0.717) is 24.1 Å². The van der Waals surface area contributed by atoms with Gasteiger partial charge in [-0.25, -0.2) is 4.98 Å². The second-order valence-corrected chi connectivity index (χ2v) is 8.72. The van der Waals surface area contributed by atoms with E-state index in [-0.39, 0.29) is 36.1 Å². The van der Waals surface area contributed by atoms with Crippen molar-refractivity contribution in [3.63, 3.8) is 0 Å². The minimum absolute atomic E-state index is 0.0197. The van der Waals surface area contributed by atoms with Crippen LogP contribution in [0.25, 0.3) is 11.1 Å². The number of nitrogens with one attached hydrogen (secondary N) is 1. The minimum atomic E-state index is -1.20. The molecule has 0 bridgehead atoms. The van der Waals surface area contributed by atoms with Crippen LogP contribution < -0.4 is 11.1 Å². The molecule has 1 aromatic heterocycles. The van der Waals surface area contributed by atoms with Crippen molar-refractivity contribution in [3.8, 4) is 0 Å². The normalized spacial score (nSPS) is 20.0. The van der Waals surface area contributed by atoms with Gasteiger partial charge in [-0.05, 0) is 36.8 Å². The lowest BCUT2D eigenvalue weighted by atomic mass is 9.86. The van der Waals surface area contributed by atoms with E-state index >= 15 is 0 Å². The number of aliphatic hydroxyl groups excluding tert-OH is 1. The number of benzene rings is 1. The number of carbonyl (C=O) groups is 2. The molecular formula is C22H32N4O4. The van der Waals surface area contributed by atoms with Crippen molar-refractivity contribution >= 4 is 22.9 Å². The molecule has 8 nitrogen and oxygen atoms in total. The largest absolute Gasteiger partial charge is 0.438 e. The van der Waals surface area contributed by atoms with Crippen molar-refractivity contribution in [1.82, 2.24) is 15.2 Å². The summed E-state index contributed by atoms with van der Waals surface area (Å²) < 4.78 is 5.91. The number of hydrogen-bond acceptors (Lipinski definition) is 6. The molecule has 0 spiro atoms. The Kier molecular flexibility index (Phi) is 6.47. The number of aliphatic hydroxyl groups is 1. The first-order chi connectivity index (χ1) is 14.2. The van der Waals surface area contributed by atoms with Gasteiger partial charge in [-0.1, -0.05) is 39.8 Å². The van der Waals surface area contributed by atoms with Crippen molar-refractivity contribution in [2.24, 2.45) is 17.6 Å². The van der Waals surface area contributed by atoms with Gasteiger partial charge in [0.25, 0.3) is 0 Å². The first kappa shape index (κ1) is 22.2. The molecule has 2 amide bonds. The van der Waals surface area contributed by atoms with Crippen LogP contribution in [-0.4, -0.2) is 52.0 Å². The first-order valence-corrected chi connectivity index (χ1v) is 10.6. The molecule has 1 saturated heterocycles. The fraction of sp³-hybridized carbons (Fsp3) is 0.591. The number of para-hydroxylation sites is 2. The lowest BCUT2D eigenvalue weighted by Gasteiger charge is -2.36. The maximum atomic E-state index is 13.3. The predicted octanol–water partition coefficient (Wildman–Crippen LogP) is 1.76. The molecule has 0 aliphatic carbocycles. The van der Waals surface area contributed by atoms with E-state index in [4.69, 9.17) is 10.2 Å². The van der Waals surface area contributed by atoms with Crippen LogP contribution in [0.15, 0.2) is 28.7 Å². The zero-order valence-corrected chi connectivity index (χ0v) is 18.1. The van der Waals surface area contributed by atoms with Crippen LogP contribution in [0.3, 0.4) is 0 Å². The second kappa shape index (κ2) is 8.73. The third-order valence-corrected chi connectivity index (χ3v) is 6.10. The number of carbonyl (C=O) groups excluding carboxylic acids is 2. The highest BCUT2D eigenvalue weighted by Gasteiger charge is 2.45. The number of fused-ring (bicyclic) bond motifs is 1. The van der Waals surface area contributed by atoms with Crippen molar-refractivity contribution < 1.29 is 19.1 Å². The molecule has 3 rings (SSSR count). The molecule has 2 aromatic rings. The van der Waals surface area contributed by atoms with Gasteiger partial charge in [-0.3, -0.25) is 9.59 Å². The molecular weight excluding hydrogens is 384 g/mol. The highest BCUT2D eigenvalue weighted by atomic mass is 16.4. The van der Waals surface area contributed by atoms with Gasteiger partial charge in [0.05, 0.1) is 12.6 Å². The van der Waals surface area contributed by atoms with Crippen LogP contribution in [-0.2, 0) is 15.1 Å². The maximum Gasteiger partial charge on any atom is 0.243 e. The van der Waals surface area contributed by atoms with Crippen molar-refractivity contribution in [2.75, 3.05) is 13.2 Å². The third-order valence-electron chi connectivity index (χ3n) is 6.10. The number of rotatable bonds is 7. The van der Waals surface area contributed by atoms with Gasteiger partial charge in [0.2, 0.25) is 17.7 Å². The molecule has 1 aliphatic heterocycles. The summed E-state index contributed by atoms with van der Waals surface area (Å²) in [5.41, 5.74) is 6.09. The van der Waals surface area contributed by atoms with Crippen molar-refractivity contribution in [1.29, 1.82) is 0 Å². The quantitative estimate of drug-likeness (QED) is 0.632. The summed E-state index contributed by atoms with van der Waals surface area (Å²) >= 11 is 0. The van der Waals surface area contributed by atoms with Gasteiger partial charge in [0.15, 0.2) is 5.58 Å². The van der Waals surface area contributed by atoms with Gasteiger partial charge in [-0.15, -0.1) is 0 Å². The molecule has 164 valence electrons. The maximum absolute atomic E-state index is 13.3. The smallest absolute Gasteiger partial charge is 0.243 e. The van der Waals surface area contributed by atoms with E-state index in [1.807, 2.05) is 45.9 Å². The highest BCUT2D eigenvalue weighted by Crippen LogP contribution is 2.32. The number of nitrogens with two attached hydrogens (primary N) is 1. The summed E-state index contributed by atoms with van der Waals surface area (Å²) in [4.78, 5) is 32.2. The second-order valence-electron chi connectivity index (χ2n) is 8.72. The molecule has 4 N–H and O–H groups in total. The molecule has 3 atom stereocenters. The molecule has 1 aliphatic rings. The summed E-state index contributed by atoms with van der Waals surface area (Å²) in [6.07, 6.45) is 1.28. The Bertz CT molecular complexity index is 876. The Morgan fingerprint density at radius 2 is 2.03 bits per heavy atom. The SMILES string of the molecule is CC(C)C(N)C(=O)N1CCC[C@H]1C(=O)N[C@@](CO)(c1nc2ccccc2o1)C(C)C. The van der Waals surface area contributed by atoms with Gasteiger partial charge >= 0.3 is 0 Å². The molecule has 1 unspecified atom stereocenters. The summed E-state index contributed by atoms with van der Waals surface area (Å²) in [5, 5.41) is 13.3. The lowest BCUT2D eigenvalue weighted by Crippen LogP contribution is -2.59. The van der Waals surface area contributed by atoms with E-state index in [1.165, 1.54) is 0 Å². The molecule has 8 heteroatoms. The van der Waals surface area contributed by atoms with E-state index < -0.39 is 17.6 Å². The van der Waals surface area contributed by atoms with Crippen molar-refractivity contribution in [3.05, 3.63) is 30.2 Å². The third kappa shape index (κ3) is 3.94. The number of hydrogen-bond donors (Lipinski definition) is 3. The fourth-order valence-corrected chi connectivity index (χ4v) is 3.88. The lowest BCUT2D eigenvalue weighted by molar-refractivity contribution is -0.141. The van der Waals surface area contributed by atoms with Gasteiger partial charge < -0.3 is 25.5 Å². The molecule has 2 heterocycles. The molecule has 0 saturated carbocycles. The Hall–Kier alpha value is -2.45. The number of amides is 2. The van der Waals surface area contributed by atoms with Crippen LogP contribution in [0.4, 0.5) is 0 Å². The van der Waals surface area contributed by atoms with Gasteiger partial charge in [0.1, 0.15) is 17.1 Å². The zero-order valence-electron chi connectivity index (χ0n) is 18.1.